The van der Waals surface area contributed by atoms with E-state index in [1.807, 2.05) is 0 Å². The summed E-state index contributed by atoms with van der Waals surface area (Å²) >= 11 is 0. The van der Waals surface area contributed by atoms with Gasteiger partial charge in [-0.15, -0.1) is 0 Å². The minimum absolute atomic E-state index is 0.0441. The van der Waals surface area contributed by atoms with Crippen LogP contribution >= 0.6 is 0 Å². The Balaban J connectivity index is 1.75. The lowest BCUT2D eigenvalue weighted by Gasteiger charge is -2.30. The molecule has 0 aliphatic carbocycles. The lowest BCUT2D eigenvalue weighted by Crippen LogP contribution is -2.40. The summed E-state index contributed by atoms with van der Waals surface area (Å²) in [5.41, 5.74) is 6.92. The molecule has 1 aliphatic heterocycles. The van der Waals surface area contributed by atoms with Crippen LogP contribution in [0.3, 0.4) is 0 Å². The van der Waals surface area contributed by atoms with E-state index in [0.29, 0.717) is 17.8 Å². The molecular formula is C15H23N3O. The molecular weight excluding hydrogens is 238 g/mol. The normalized spacial score (nSPS) is 20.2. The number of amides is 1. The predicted octanol–water partition coefficient (Wildman–Crippen LogP) is 1.73. The quantitative estimate of drug-likeness (QED) is 0.812. The molecule has 0 radical (unpaired) electrons. The molecule has 1 aromatic carbocycles. The fourth-order valence-electron chi connectivity index (χ4n) is 2.60. The molecule has 1 fully saturated rings. The van der Waals surface area contributed by atoms with Crippen molar-refractivity contribution in [3.8, 4) is 0 Å². The van der Waals surface area contributed by atoms with Crippen LogP contribution < -0.4 is 11.1 Å². The molecule has 2 rings (SSSR count). The van der Waals surface area contributed by atoms with E-state index in [9.17, 15) is 4.79 Å². The van der Waals surface area contributed by atoms with Crippen LogP contribution in [0.2, 0.25) is 0 Å². The Morgan fingerprint density at radius 3 is 3.11 bits per heavy atom. The van der Waals surface area contributed by atoms with Crippen LogP contribution in [0.1, 0.15) is 30.1 Å². The highest BCUT2D eigenvalue weighted by molar-refractivity contribution is 5.94. The Bertz CT molecular complexity index is 433. The minimum atomic E-state index is -0.0441. The second-order valence-electron chi connectivity index (χ2n) is 5.43. The van der Waals surface area contributed by atoms with E-state index >= 15 is 0 Å². The van der Waals surface area contributed by atoms with Gasteiger partial charge in [0.05, 0.1) is 0 Å². The topological polar surface area (TPSA) is 58.4 Å². The first-order valence-electron chi connectivity index (χ1n) is 7.01. The zero-order valence-corrected chi connectivity index (χ0v) is 11.6. The molecule has 104 valence electrons. The molecule has 1 saturated heterocycles. The van der Waals surface area contributed by atoms with Crippen molar-refractivity contribution >= 4 is 11.6 Å². The zero-order valence-electron chi connectivity index (χ0n) is 11.6. The highest BCUT2D eigenvalue weighted by Crippen LogP contribution is 2.14. The van der Waals surface area contributed by atoms with Gasteiger partial charge < -0.3 is 16.0 Å². The summed E-state index contributed by atoms with van der Waals surface area (Å²) in [6.07, 6.45) is 2.59. The van der Waals surface area contributed by atoms with E-state index in [1.54, 1.807) is 24.3 Å². The van der Waals surface area contributed by atoms with Crippen molar-refractivity contribution in [3.05, 3.63) is 29.8 Å². The van der Waals surface area contributed by atoms with Crippen molar-refractivity contribution in [1.82, 2.24) is 10.2 Å². The van der Waals surface area contributed by atoms with Gasteiger partial charge >= 0.3 is 0 Å². The number of hydrogen-bond acceptors (Lipinski definition) is 3. The van der Waals surface area contributed by atoms with Gasteiger partial charge in [0, 0.05) is 30.9 Å². The maximum absolute atomic E-state index is 11.9. The van der Waals surface area contributed by atoms with Crippen molar-refractivity contribution in [2.24, 2.45) is 5.92 Å². The van der Waals surface area contributed by atoms with Gasteiger partial charge in [-0.05, 0) is 43.5 Å². The second-order valence-corrected chi connectivity index (χ2v) is 5.43. The van der Waals surface area contributed by atoms with E-state index in [4.69, 9.17) is 5.73 Å². The number of hydrogen-bond donors (Lipinski definition) is 2. The van der Waals surface area contributed by atoms with E-state index in [-0.39, 0.29) is 5.91 Å². The monoisotopic (exact) mass is 261 g/mol. The van der Waals surface area contributed by atoms with E-state index in [2.05, 4.69) is 17.1 Å². The first-order chi connectivity index (χ1) is 9.15. The highest BCUT2D eigenvalue weighted by atomic mass is 16.1. The summed E-state index contributed by atoms with van der Waals surface area (Å²) in [5, 5.41) is 2.95. The summed E-state index contributed by atoms with van der Waals surface area (Å²) in [6.45, 7) is 6.21. The molecule has 0 aromatic heterocycles. The molecule has 4 nitrogen and oxygen atoms in total. The summed E-state index contributed by atoms with van der Waals surface area (Å²) in [4.78, 5) is 14.3. The summed E-state index contributed by atoms with van der Waals surface area (Å²) < 4.78 is 0. The van der Waals surface area contributed by atoms with E-state index in [1.165, 1.54) is 12.8 Å². The number of benzene rings is 1. The molecule has 4 heteroatoms. The molecule has 1 aliphatic rings. The van der Waals surface area contributed by atoms with Crippen molar-refractivity contribution < 1.29 is 4.79 Å². The van der Waals surface area contributed by atoms with Crippen LogP contribution in [0, 0.1) is 5.92 Å². The van der Waals surface area contributed by atoms with Crippen molar-refractivity contribution in [1.29, 1.82) is 0 Å². The average Bonchev–Trinajstić information content (AvgIpc) is 2.38. The number of anilines is 1. The SMILES string of the molecule is CC1CCCN(CCNC(=O)c2cccc(N)c2)C1. The molecule has 0 bridgehead atoms. The number of likely N-dealkylation sites (tertiary alicyclic amines) is 1. The van der Waals surface area contributed by atoms with Gasteiger partial charge in [0.25, 0.3) is 5.91 Å². The molecule has 3 N–H and O–H groups in total. The number of nitrogens with one attached hydrogen (secondary N) is 1. The number of nitrogens with two attached hydrogens (primary N) is 1. The molecule has 19 heavy (non-hydrogen) atoms. The molecule has 0 spiro atoms. The van der Waals surface area contributed by atoms with Gasteiger partial charge in [-0.2, -0.15) is 0 Å². The zero-order chi connectivity index (χ0) is 13.7. The Kier molecular flexibility index (Phi) is 4.80. The van der Waals surface area contributed by atoms with Crippen LogP contribution in [-0.4, -0.2) is 37.0 Å². The van der Waals surface area contributed by atoms with E-state index in [0.717, 1.165) is 25.6 Å². The molecule has 1 unspecified atom stereocenters. The van der Waals surface area contributed by atoms with Crippen LogP contribution in [0.5, 0.6) is 0 Å². The predicted molar refractivity (Wildman–Crippen MR) is 78.0 cm³/mol. The van der Waals surface area contributed by atoms with Crippen LogP contribution in [0.25, 0.3) is 0 Å². The van der Waals surface area contributed by atoms with E-state index < -0.39 is 0 Å². The summed E-state index contributed by atoms with van der Waals surface area (Å²) in [7, 11) is 0. The third-order valence-corrected chi connectivity index (χ3v) is 3.60. The van der Waals surface area contributed by atoms with Crippen molar-refractivity contribution in [2.75, 3.05) is 31.9 Å². The highest BCUT2D eigenvalue weighted by Gasteiger charge is 2.15. The lowest BCUT2D eigenvalue weighted by molar-refractivity contribution is 0.0944. The van der Waals surface area contributed by atoms with Crippen molar-refractivity contribution in [3.63, 3.8) is 0 Å². The maximum Gasteiger partial charge on any atom is 0.251 e. The van der Waals surface area contributed by atoms with Gasteiger partial charge in [0.15, 0.2) is 0 Å². The van der Waals surface area contributed by atoms with Gasteiger partial charge in [0.1, 0.15) is 0 Å². The van der Waals surface area contributed by atoms with Crippen LogP contribution in [0.4, 0.5) is 5.69 Å². The summed E-state index contributed by atoms with van der Waals surface area (Å²) in [5.74, 6) is 0.732. The third kappa shape index (κ3) is 4.24. The maximum atomic E-state index is 11.9. The number of nitrogens with zero attached hydrogens (tertiary/aromatic N) is 1. The average molecular weight is 261 g/mol. The standard InChI is InChI=1S/C15H23N3O/c1-12-4-3-8-18(11-12)9-7-17-15(19)13-5-2-6-14(16)10-13/h2,5-6,10,12H,3-4,7-9,11,16H2,1H3,(H,17,19). The number of carbonyl (C=O) groups is 1. The second kappa shape index (κ2) is 6.57. The lowest BCUT2D eigenvalue weighted by atomic mass is 10.0. The molecule has 1 atom stereocenters. The van der Waals surface area contributed by atoms with Gasteiger partial charge in [-0.25, -0.2) is 0 Å². The van der Waals surface area contributed by atoms with Crippen molar-refractivity contribution in [2.45, 2.75) is 19.8 Å². The largest absolute Gasteiger partial charge is 0.399 e. The molecule has 0 saturated carbocycles. The third-order valence-electron chi connectivity index (χ3n) is 3.60. The van der Waals surface area contributed by atoms with Crippen LogP contribution in [-0.2, 0) is 0 Å². The Hall–Kier alpha value is -1.55. The number of rotatable bonds is 4. The number of piperidine rings is 1. The molecule has 1 heterocycles. The summed E-state index contributed by atoms with van der Waals surface area (Å²) in [6, 6.07) is 7.08. The Morgan fingerprint density at radius 2 is 2.37 bits per heavy atom. The molecule has 1 aromatic rings. The smallest absolute Gasteiger partial charge is 0.251 e. The fraction of sp³-hybridized carbons (Fsp3) is 0.533. The number of nitrogen functional groups attached to an aromatic ring is 1. The molecule has 1 amide bonds. The first kappa shape index (κ1) is 13.9. The van der Waals surface area contributed by atoms with Crippen LogP contribution in [0.15, 0.2) is 24.3 Å². The van der Waals surface area contributed by atoms with Gasteiger partial charge in [-0.1, -0.05) is 13.0 Å². The van der Waals surface area contributed by atoms with Gasteiger partial charge in [-0.3, -0.25) is 4.79 Å². The fourth-order valence-corrected chi connectivity index (χ4v) is 2.60. The first-order valence-corrected chi connectivity index (χ1v) is 7.01. The van der Waals surface area contributed by atoms with Gasteiger partial charge in [0.2, 0.25) is 0 Å². The Morgan fingerprint density at radius 1 is 1.53 bits per heavy atom. The number of carbonyl (C=O) groups excluding carboxylic acids is 1. The minimum Gasteiger partial charge on any atom is -0.399 e. The Labute approximate surface area is 115 Å².